The third-order valence-electron chi connectivity index (χ3n) is 3.90. The molecule has 0 bridgehead atoms. The molecule has 1 amide bonds. The van der Waals surface area contributed by atoms with Crippen LogP contribution < -0.4 is 5.32 Å². The summed E-state index contributed by atoms with van der Waals surface area (Å²) in [5.41, 5.74) is 0.963. The van der Waals surface area contributed by atoms with Crippen LogP contribution in [0.4, 0.5) is 0 Å². The first-order valence-electron chi connectivity index (χ1n) is 7.30. The number of fused-ring (bicyclic) bond motifs is 1. The van der Waals surface area contributed by atoms with Gasteiger partial charge in [0.15, 0.2) is 9.84 Å². The lowest BCUT2D eigenvalue weighted by molar-refractivity contribution is -0.121. The van der Waals surface area contributed by atoms with Gasteiger partial charge in [0, 0.05) is 12.5 Å². The minimum Gasteiger partial charge on any atom is -0.353 e. The van der Waals surface area contributed by atoms with Crippen molar-refractivity contribution < 1.29 is 13.2 Å². The molecule has 0 unspecified atom stereocenters. The molecule has 0 saturated heterocycles. The Morgan fingerprint density at radius 1 is 1.27 bits per heavy atom. The summed E-state index contributed by atoms with van der Waals surface area (Å²) in [5, 5.41) is 2.91. The number of rotatable bonds is 5. The van der Waals surface area contributed by atoms with Crippen LogP contribution in [0.15, 0.2) is 23.1 Å². The Morgan fingerprint density at radius 2 is 2.05 bits per heavy atom. The van der Waals surface area contributed by atoms with Crippen molar-refractivity contribution in [3.05, 3.63) is 18.2 Å². The highest BCUT2D eigenvalue weighted by atomic mass is 32.2. The first-order valence-corrected chi connectivity index (χ1v) is 9.68. The Hall–Kier alpha value is -1.54. The topological polar surface area (TPSA) is 89.0 Å². The molecule has 1 fully saturated rings. The van der Waals surface area contributed by atoms with Gasteiger partial charge >= 0.3 is 0 Å². The maximum atomic E-state index is 12.4. The quantitative estimate of drug-likeness (QED) is 0.899. The Balaban J connectivity index is 1.68. The van der Waals surface area contributed by atoms with Crippen molar-refractivity contribution in [1.82, 2.24) is 14.1 Å². The van der Waals surface area contributed by atoms with Crippen LogP contribution >= 0.6 is 11.7 Å². The maximum absolute atomic E-state index is 12.4. The average Bonchev–Trinajstić information content (AvgIpc) is 3.15. The van der Waals surface area contributed by atoms with Crippen molar-refractivity contribution in [2.75, 3.05) is 5.75 Å². The molecule has 0 radical (unpaired) electrons. The van der Waals surface area contributed by atoms with Crippen LogP contribution in [-0.2, 0) is 14.6 Å². The number of carbonyl (C=O) groups is 1. The molecule has 6 nitrogen and oxygen atoms in total. The fourth-order valence-electron chi connectivity index (χ4n) is 2.74. The molecule has 0 spiro atoms. The van der Waals surface area contributed by atoms with Crippen molar-refractivity contribution in [2.45, 2.75) is 43.0 Å². The van der Waals surface area contributed by atoms with Crippen molar-refractivity contribution in [2.24, 2.45) is 0 Å². The summed E-state index contributed by atoms with van der Waals surface area (Å²) >= 11 is 0.985. The lowest BCUT2D eigenvalue weighted by Gasteiger charge is -2.11. The molecular weight excluding hydrogens is 322 g/mol. The van der Waals surface area contributed by atoms with E-state index in [-0.39, 0.29) is 29.0 Å². The number of sulfone groups is 1. The molecule has 22 heavy (non-hydrogen) atoms. The van der Waals surface area contributed by atoms with Gasteiger partial charge in [-0.15, -0.1) is 0 Å². The van der Waals surface area contributed by atoms with Gasteiger partial charge in [0.25, 0.3) is 0 Å². The highest BCUT2D eigenvalue weighted by Crippen LogP contribution is 2.23. The average molecular weight is 339 g/mol. The van der Waals surface area contributed by atoms with Crippen LogP contribution in [-0.4, -0.2) is 34.9 Å². The number of benzene rings is 1. The molecule has 0 atom stereocenters. The summed E-state index contributed by atoms with van der Waals surface area (Å²) in [6.45, 7) is 0. The van der Waals surface area contributed by atoms with Gasteiger partial charge in [-0.1, -0.05) is 18.9 Å². The van der Waals surface area contributed by atoms with E-state index in [1.165, 1.54) is 6.07 Å². The smallest absolute Gasteiger partial charge is 0.221 e. The monoisotopic (exact) mass is 339 g/mol. The molecule has 3 rings (SSSR count). The summed E-state index contributed by atoms with van der Waals surface area (Å²) < 4.78 is 33.0. The van der Waals surface area contributed by atoms with E-state index in [4.69, 9.17) is 0 Å². The summed E-state index contributed by atoms with van der Waals surface area (Å²) in [6.07, 6.45) is 4.21. The molecule has 1 aromatic heterocycles. The van der Waals surface area contributed by atoms with E-state index >= 15 is 0 Å². The van der Waals surface area contributed by atoms with E-state index in [1.807, 2.05) is 0 Å². The molecule has 1 aliphatic rings. The minimum absolute atomic E-state index is 0.0210. The molecule has 2 aromatic rings. The normalized spacial score (nSPS) is 16.2. The van der Waals surface area contributed by atoms with Crippen LogP contribution in [0.2, 0.25) is 0 Å². The number of hydrogen-bond acceptors (Lipinski definition) is 6. The van der Waals surface area contributed by atoms with Gasteiger partial charge in [-0.2, -0.15) is 8.75 Å². The van der Waals surface area contributed by atoms with Gasteiger partial charge in [0.05, 0.1) is 22.4 Å². The van der Waals surface area contributed by atoms with E-state index in [9.17, 15) is 13.2 Å². The second-order valence-electron chi connectivity index (χ2n) is 5.51. The number of nitrogens with zero attached hydrogens (tertiary/aromatic N) is 2. The molecule has 1 aliphatic carbocycles. The van der Waals surface area contributed by atoms with Crippen molar-refractivity contribution in [1.29, 1.82) is 0 Å². The third-order valence-corrected chi connectivity index (χ3v) is 6.19. The van der Waals surface area contributed by atoms with E-state index in [2.05, 4.69) is 14.1 Å². The summed E-state index contributed by atoms with van der Waals surface area (Å²) in [5.74, 6) is -0.401. The fraction of sp³-hybridized carbons (Fsp3) is 0.500. The van der Waals surface area contributed by atoms with Gasteiger partial charge in [-0.3, -0.25) is 4.79 Å². The Labute approximate surface area is 133 Å². The van der Waals surface area contributed by atoms with Gasteiger partial charge < -0.3 is 5.32 Å². The van der Waals surface area contributed by atoms with E-state index in [0.29, 0.717) is 11.0 Å². The fourth-order valence-corrected chi connectivity index (χ4v) is 4.75. The van der Waals surface area contributed by atoms with Gasteiger partial charge in [-0.25, -0.2) is 8.42 Å². The molecule has 0 aliphatic heterocycles. The van der Waals surface area contributed by atoms with Crippen molar-refractivity contribution in [3.8, 4) is 0 Å². The Kier molecular flexibility index (Phi) is 4.39. The summed E-state index contributed by atoms with van der Waals surface area (Å²) in [7, 11) is -3.54. The zero-order valence-corrected chi connectivity index (χ0v) is 13.6. The highest BCUT2D eigenvalue weighted by Gasteiger charge is 2.22. The predicted molar refractivity (Wildman–Crippen MR) is 84.5 cm³/mol. The molecule has 1 N–H and O–H groups in total. The highest BCUT2D eigenvalue weighted by molar-refractivity contribution is 7.91. The van der Waals surface area contributed by atoms with Gasteiger partial charge in [0.2, 0.25) is 5.91 Å². The van der Waals surface area contributed by atoms with Gasteiger partial charge in [0.1, 0.15) is 11.0 Å². The lowest BCUT2D eigenvalue weighted by atomic mass is 10.2. The molecular formula is C14H17N3O3S2. The standard InChI is InChI=1S/C14H17N3O3S2/c18-13(15-10-4-1-2-5-10)8-9-22(19,20)12-7-3-6-11-14(12)17-21-16-11/h3,6-7,10H,1-2,4-5,8-9H2,(H,15,18). The number of nitrogens with one attached hydrogen (secondary N) is 1. The lowest BCUT2D eigenvalue weighted by Crippen LogP contribution is -2.33. The predicted octanol–water partition coefficient (Wildman–Crippen LogP) is 1.91. The van der Waals surface area contributed by atoms with Crippen LogP contribution in [0.25, 0.3) is 11.0 Å². The molecule has 1 heterocycles. The van der Waals surface area contributed by atoms with Crippen LogP contribution in [0.1, 0.15) is 32.1 Å². The molecule has 118 valence electrons. The van der Waals surface area contributed by atoms with Crippen LogP contribution in [0.3, 0.4) is 0 Å². The zero-order chi connectivity index (χ0) is 15.6. The van der Waals surface area contributed by atoms with Crippen molar-refractivity contribution in [3.63, 3.8) is 0 Å². The van der Waals surface area contributed by atoms with E-state index < -0.39 is 9.84 Å². The second-order valence-corrected chi connectivity index (χ2v) is 8.11. The van der Waals surface area contributed by atoms with E-state index in [1.54, 1.807) is 12.1 Å². The minimum atomic E-state index is -3.54. The Bertz CT molecular complexity index is 779. The SMILES string of the molecule is O=C(CCS(=O)(=O)c1cccc2nsnc12)NC1CCCC1. The largest absolute Gasteiger partial charge is 0.353 e. The van der Waals surface area contributed by atoms with Crippen molar-refractivity contribution >= 4 is 38.5 Å². The number of amides is 1. The first kappa shape index (κ1) is 15.4. The second kappa shape index (κ2) is 6.29. The summed E-state index contributed by atoms with van der Waals surface area (Å²) in [6, 6.07) is 5.11. The van der Waals surface area contributed by atoms with Crippen LogP contribution in [0, 0.1) is 0 Å². The van der Waals surface area contributed by atoms with Gasteiger partial charge in [-0.05, 0) is 25.0 Å². The third kappa shape index (κ3) is 3.27. The molecule has 8 heteroatoms. The number of hydrogen-bond donors (Lipinski definition) is 1. The van der Waals surface area contributed by atoms with Crippen LogP contribution in [0.5, 0.6) is 0 Å². The number of carbonyl (C=O) groups excluding carboxylic acids is 1. The first-order chi connectivity index (χ1) is 10.6. The zero-order valence-electron chi connectivity index (χ0n) is 12.0. The molecule has 1 saturated carbocycles. The van der Waals surface area contributed by atoms with E-state index in [0.717, 1.165) is 37.4 Å². The Morgan fingerprint density at radius 3 is 2.82 bits per heavy atom. The molecule has 1 aromatic carbocycles. The summed E-state index contributed by atoms with van der Waals surface area (Å²) in [4.78, 5) is 12.0. The maximum Gasteiger partial charge on any atom is 0.221 e. The number of aromatic nitrogens is 2.